The van der Waals surface area contributed by atoms with Crippen molar-refractivity contribution in [1.82, 2.24) is 10.6 Å². The number of rotatable bonds is 12. The standard InChI is InChI=1S/C23H31N3O6/c1-5-31-19-10-8-17(14-21(19)32-6-2)26-23(28)25-15-22(27)24-12-11-16-7-9-18(29-3)20(13-16)30-4/h7-10,13-14H,5-6,11-12,15H2,1-4H3,(H,24,27)(H2,25,26,28). The van der Waals surface area contributed by atoms with Crippen LogP contribution in [0.2, 0.25) is 0 Å². The lowest BCUT2D eigenvalue weighted by Crippen LogP contribution is -2.39. The molecule has 0 atom stereocenters. The highest BCUT2D eigenvalue weighted by Crippen LogP contribution is 2.30. The minimum atomic E-state index is -0.494. The Morgan fingerprint density at radius 2 is 1.50 bits per heavy atom. The normalized spacial score (nSPS) is 10.1. The maximum atomic E-state index is 12.1. The van der Waals surface area contributed by atoms with Gasteiger partial charge in [0.15, 0.2) is 23.0 Å². The smallest absolute Gasteiger partial charge is 0.319 e. The topological polar surface area (TPSA) is 107 Å². The molecule has 0 spiro atoms. The third-order valence-corrected chi connectivity index (χ3v) is 4.39. The van der Waals surface area contributed by atoms with Gasteiger partial charge in [-0.1, -0.05) is 6.07 Å². The highest BCUT2D eigenvalue weighted by molar-refractivity contribution is 5.92. The van der Waals surface area contributed by atoms with E-state index in [2.05, 4.69) is 16.0 Å². The minimum absolute atomic E-state index is 0.146. The number of benzene rings is 2. The Kier molecular flexibility index (Phi) is 9.96. The van der Waals surface area contributed by atoms with Crippen LogP contribution in [0.3, 0.4) is 0 Å². The number of nitrogens with one attached hydrogen (secondary N) is 3. The van der Waals surface area contributed by atoms with Crippen molar-refractivity contribution in [2.24, 2.45) is 0 Å². The van der Waals surface area contributed by atoms with E-state index in [1.165, 1.54) is 0 Å². The molecule has 32 heavy (non-hydrogen) atoms. The van der Waals surface area contributed by atoms with E-state index in [0.29, 0.717) is 54.9 Å². The molecule has 0 aliphatic carbocycles. The van der Waals surface area contributed by atoms with Gasteiger partial charge in [0, 0.05) is 18.3 Å². The van der Waals surface area contributed by atoms with Crippen LogP contribution in [0, 0.1) is 0 Å². The van der Waals surface area contributed by atoms with E-state index in [-0.39, 0.29) is 12.5 Å². The Morgan fingerprint density at radius 3 is 2.19 bits per heavy atom. The van der Waals surface area contributed by atoms with Gasteiger partial charge in [-0.05, 0) is 50.1 Å². The number of methoxy groups -OCH3 is 2. The van der Waals surface area contributed by atoms with Crippen LogP contribution in [0.15, 0.2) is 36.4 Å². The molecule has 3 amide bonds. The molecule has 3 N–H and O–H groups in total. The number of hydrogen-bond donors (Lipinski definition) is 3. The van der Waals surface area contributed by atoms with Gasteiger partial charge in [-0.3, -0.25) is 4.79 Å². The zero-order chi connectivity index (χ0) is 23.3. The molecule has 2 aromatic rings. The van der Waals surface area contributed by atoms with E-state index >= 15 is 0 Å². The Labute approximate surface area is 188 Å². The summed E-state index contributed by atoms with van der Waals surface area (Å²) in [6.45, 7) is 5.01. The van der Waals surface area contributed by atoms with Crippen LogP contribution < -0.4 is 34.9 Å². The van der Waals surface area contributed by atoms with Crippen molar-refractivity contribution in [1.29, 1.82) is 0 Å². The zero-order valence-electron chi connectivity index (χ0n) is 18.9. The molecule has 0 heterocycles. The van der Waals surface area contributed by atoms with Gasteiger partial charge in [-0.15, -0.1) is 0 Å². The first-order chi connectivity index (χ1) is 15.5. The average molecular weight is 446 g/mol. The Morgan fingerprint density at radius 1 is 0.812 bits per heavy atom. The second-order valence-electron chi connectivity index (χ2n) is 6.62. The average Bonchev–Trinajstić information content (AvgIpc) is 2.79. The number of carbonyl (C=O) groups is 2. The highest BCUT2D eigenvalue weighted by atomic mass is 16.5. The molecule has 2 aromatic carbocycles. The molecule has 0 aliphatic heterocycles. The molecule has 0 saturated carbocycles. The second kappa shape index (κ2) is 12.9. The van der Waals surface area contributed by atoms with Crippen LogP contribution in [0.4, 0.5) is 10.5 Å². The summed E-state index contributed by atoms with van der Waals surface area (Å²) in [6.07, 6.45) is 0.616. The largest absolute Gasteiger partial charge is 0.493 e. The Hall–Kier alpha value is -3.62. The van der Waals surface area contributed by atoms with Crippen molar-refractivity contribution < 1.29 is 28.5 Å². The third-order valence-electron chi connectivity index (χ3n) is 4.39. The van der Waals surface area contributed by atoms with Crippen LogP contribution >= 0.6 is 0 Å². The quantitative estimate of drug-likeness (QED) is 0.464. The molecule has 0 unspecified atom stereocenters. The SMILES string of the molecule is CCOc1ccc(NC(=O)NCC(=O)NCCc2ccc(OC)c(OC)c2)cc1OCC. The first-order valence-electron chi connectivity index (χ1n) is 10.4. The van der Waals surface area contributed by atoms with Gasteiger partial charge in [0.1, 0.15) is 0 Å². The number of anilines is 1. The lowest BCUT2D eigenvalue weighted by molar-refractivity contribution is -0.120. The van der Waals surface area contributed by atoms with Crippen molar-refractivity contribution in [2.45, 2.75) is 20.3 Å². The summed E-state index contributed by atoms with van der Waals surface area (Å²) >= 11 is 0. The van der Waals surface area contributed by atoms with Crippen molar-refractivity contribution in [3.63, 3.8) is 0 Å². The molecule has 0 aromatic heterocycles. The van der Waals surface area contributed by atoms with Gasteiger partial charge in [0.2, 0.25) is 5.91 Å². The monoisotopic (exact) mass is 445 g/mol. The second-order valence-corrected chi connectivity index (χ2v) is 6.62. The molecule has 2 rings (SSSR count). The lowest BCUT2D eigenvalue weighted by atomic mass is 10.1. The molecule has 0 fully saturated rings. The van der Waals surface area contributed by atoms with E-state index in [1.54, 1.807) is 32.4 Å². The van der Waals surface area contributed by atoms with Gasteiger partial charge in [-0.25, -0.2) is 4.79 Å². The summed E-state index contributed by atoms with van der Waals surface area (Å²) < 4.78 is 21.5. The summed E-state index contributed by atoms with van der Waals surface area (Å²) in [5.41, 5.74) is 1.53. The fourth-order valence-electron chi connectivity index (χ4n) is 2.91. The van der Waals surface area contributed by atoms with Crippen molar-refractivity contribution >= 4 is 17.6 Å². The summed E-state index contributed by atoms with van der Waals surface area (Å²) in [7, 11) is 3.15. The van der Waals surface area contributed by atoms with Crippen LogP contribution in [-0.2, 0) is 11.2 Å². The highest BCUT2D eigenvalue weighted by Gasteiger charge is 2.10. The zero-order valence-corrected chi connectivity index (χ0v) is 18.9. The summed E-state index contributed by atoms with van der Waals surface area (Å²) in [6, 6.07) is 10.2. The summed E-state index contributed by atoms with van der Waals surface area (Å²) in [4.78, 5) is 24.2. The van der Waals surface area contributed by atoms with Gasteiger partial charge in [0.05, 0.1) is 34.0 Å². The van der Waals surface area contributed by atoms with Crippen molar-refractivity contribution in [3.05, 3.63) is 42.0 Å². The van der Waals surface area contributed by atoms with Crippen LogP contribution in [0.5, 0.6) is 23.0 Å². The van der Waals surface area contributed by atoms with Gasteiger partial charge < -0.3 is 34.9 Å². The van der Waals surface area contributed by atoms with Crippen LogP contribution in [0.25, 0.3) is 0 Å². The molecule has 0 saturated heterocycles. The Balaban J connectivity index is 1.77. The van der Waals surface area contributed by atoms with Gasteiger partial charge in [-0.2, -0.15) is 0 Å². The third kappa shape index (κ3) is 7.57. The molecule has 0 aliphatic rings. The van der Waals surface area contributed by atoms with E-state index < -0.39 is 6.03 Å². The molecule has 9 nitrogen and oxygen atoms in total. The Bertz CT molecular complexity index is 903. The number of carbonyl (C=O) groups excluding carboxylic acids is 2. The van der Waals surface area contributed by atoms with E-state index in [1.807, 2.05) is 32.0 Å². The maximum absolute atomic E-state index is 12.1. The predicted octanol–water partition coefficient (Wildman–Crippen LogP) is 2.98. The van der Waals surface area contributed by atoms with E-state index in [4.69, 9.17) is 18.9 Å². The number of ether oxygens (including phenoxy) is 4. The first-order valence-corrected chi connectivity index (χ1v) is 10.4. The van der Waals surface area contributed by atoms with Crippen molar-refractivity contribution in [2.75, 3.05) is 45.8 Å². The summed E-state index contributed by atoms with van der Waals surface area (Å²) in [5.74, 6) is 2.14. The first kappa shape index (κ1) is 24.6. The van der Waals surface area contributed by atoms with Gasteiger partial charge >= 0.3 is 6.03 Å². The molecular weight excluding hydrogens is 414 g/mol. The molecular formula is C23H31N3O6. The van der Waals surface area contributed by atoms with E-state index in [0.717, 1.165) is 5.56 Å². The predicted molar refractivity (Wildman–Crippen MR) is 122 cm³/mol. The minimum Gasteiger partial charge on any atom is -0.493 e. The maximum Gasteiger partial charge on any atom is 0.319 e. The summed E-state index contributed by atoms with van der Waals surface area (Å²) in [5, 5.41) is 7.99. The molecule has 0 bridgehead atoms. The molecule has 174 valence electrons. The van der Waals surface area contributed by atoms with Crippen LogP contribution in [-0.4, -0.2) is 52.5 Å². The van der Waals surface area contributed by atoms with Gasteiger partial charge in [0.25, 0.3) is 0 Å². The fraction of sp³-hybridized carbons (Fsp3) is 0.391. The number of hydrogen-bond acceptors (Lipinski definition) is 6. The number of amides is 3. The molecule has 0 radical (unpaired) electrons. The lowest BCUT2D eigenvalue weighted by Gasteiger charge is -2.13. The van der Waals surface area contributed by atoms with Crippen molar-refractivity contribution in [3.8, 4) is 23.0 Å². The van der Waals surface area contributed by atoms with Crippen LogP contribution in [0.1, 0.15) is 19.4 Å². The molecule has 9 heteroatoms. The van der Waals surface area contributed by atoms with E-state index in [9.17, 15) is 9.59 Å². The fourth-order valence-corrected chi connectivity index (χ4v) is 2.91. The number of urea groups is 1.